The molecule has 4 rings (SSSR count). The number of benzene rings is 1. The number of fused-ring (bicyclic) bond motifs is 2. The number of thioether (sulfide) groups is 1. The van der Waals surface area contributed by atoms with Gasteiger partial charge in [-0.25, -0.2) is 13.9 Å². The molecule has 8 heteroatoms. The topological polar surface area (TPSA) is 81.1 Å². The van der Waals surface area contributed by atoms with Crippen LogP contribution in [0.5, 0.6) is 0 Å². The Balaban J connectivity index is 0.000000312. The highest BCUT2D eigenvalue weighted by atomic mass is 32.2. The molecule has 2 N–H and O–H groups in total. The molecule has 3 aliphatic rings. The zero-order valence-electron chi connectivity index (χ0n) is 18.2. The summed E-state index contributed by atoms with van der Waals surface area (Å²) in [5.74, 6) is -2.51. The summed E-state index contributed by atoms with van der Waals surface area (Å²) in [6, 6.07) is 6.99. The van der Waals surface area contributed by atoms with Crippen LogP contribution in [-0.2, 0) is 9.59 Å². The van der Waals surface area contributed by atoms with E-state index in [-0.39, 0.29) is 10.7 Å². The van der Waals surface area contributed by atoms with Crippen LogP contribution in [0.25, 0.3) is 6.08 Å². The largest absolute Gasteiger partial charge is 0.478 e. The second-order valence-corrected chi connectivity index (χ2v) is 10.3. The Labute approximate surface area is 195 Å². The third-order valence-corrected chi connectivity index (χ3v) is 8.48. The summed E-state index contributed by atoms with van der Waals surface area (Å²) < 4.78 is 2.72. The molecule has 2 aliphatic heterocycles. The van der Waals surface area contributed by atoms with E-state index in [2.05, 4.69) is 71.1 Å². The lowest BCUT2D eigenvalue weighted by atomic mass is 10.0. The summed E-state index contributed by atoms with van der Waals surface area (Å²) in [6.45, 7) is 4.64. The number of piperazine rings is 1. The first-order chi connectivity index (χ1) is 15.4. The first-order valence-electron chi connectivity index (χ1n) is 10.3. The minimum absolute atomic E-state index is 0.0612. The number of rotatable bonds is 4. The first kappa shape index (κ1) is 24.3. The van der Waals surface area contributed by atoms with Gasteiger partial charge in [-0.3, -0.25) is 0 Å². The summed E-state index contributed by atoms with van der Waals surface area (Å²) >= 11 is 1.84. The third-order valence-electron chi connectivity index (χ3n) is 5.23. The number of nitrogens with zero attached hydrogens (tertiary/aromatic N) is 2. The molecule has 0 bridgehead atoms. The highest BCUT2D eigenvalue weighted by Gasteiger charge is 2.25. The van der Waals surface area contributed by atoms with Crippen molar-refractivity contribution in [2.45, 2.75) is 16.2 Å². The van der Waals surface area contributed by atoms with Crippen LogP contribution in [0.2, 0.25) is 0 Å². The molecule has 0 amide bonds. The average Bonchev–Trinajstić information content (AvgIpc) is 2.95. The molecule has 1 fully saturated rings. The monoisotopic (exact) mass is 472 g/mol. The predicted molar refractivity (Wildman–Crippen MR) is 133 cm³/mol. The van der Waals surface area contributed by atoms with Crippen LogP contribution in [-0.4, -0.2) is 75.7 Å². The van der Waals surface area contributed by atoms with Crippen molar-refractivity contribution in [3.05, 3.63) is 65.8 Å². The van der Waals surface area contributed by atoms with Gasteiger partial charge in [-0.05, 0) is 43.0 Å². The zero-order valence-corrected chi connectivity index (χ0v) is 19.9. The molecule has 32 heavy (non-hydrogen) atoms. The normalized spacial score (nSPS) is 20.6. The fourth-order valence-corrected chi connectivity index (χ4v) is 6.67. The lowest BCUT2D eigenvalue weighted by Crippen LogP contribution is -2.42. The van der Waals surface area contributed by atoms with Gasteiger partial charge in [-0.15, -0.1) is 11.8 Å². The first-order valence-corrected chi connectivity index (χ1v) is 12.7. The van der Waals surface area contributed by atoms with E-state index in [1.165, 1.54) is 20.9 Å². The van der Waals surface area contributed by atoms with E-state index >= 15 is 0 Å². The van der Waals surface area contributed by atoms with Gasteiger partial charge in [0.2, 0.25) is 0 Å². The van der Waals surface area contributed by atoms with E-state index in [0.717, 1.165) is 32.6 Å². The standard InChI is InChI=1S/C20H24N2S2.C4H4O4/c1-21-11-13-22(14-12-21)24-19-6-4-3-5-16(19)7-8-17-9-10-18(23-2)15-20(17)24;5-3(6)1-2-4(7)8/h3-5,7-10,15H,6,11-14H2,1-2H3;1-2H,(H,5,6)(H,7,8)/b;2-1-. The van der Waals surface area contributed by atoms with Crippen LogP contribution < -0.4 is 0 Å². The fourth-order valence-electron chi connectivity index (χ4n) is 3.56. The van der Waals surface area contributed by atoms with E-state index in [4.69, 9.17) is 10.2 Å². The van der Waals surface area contributed by atoms with Crippen LogP contribution in [0.1, 0.15) is 12.0 Å². The average molecular weight is 473 g/mol. The summed E-state index contributed by atoms with van der Waals surface area (Å²) in [4.78, 5) is 26.0. The molecule has 1 aliphatic carbocycles. The maximum Gasteiger partial charge on any atom is 0.328 e. The Hall–Kier alpha value is -2.39. The van der Waals surface area contributed by atoms with E-state index in [1.54, 1.807) is 4.86 Å². The number of allylic oxidation sites excluding steroid dienone is 5. The molecule has 6 nitrogen and oxygen atoms in total. The molecule has 2 heterocycles. The Bertz CT molecular complexity index is 1020. The number of carboxylic acids is 2. The molecule has 1 aromatic rings. The van der Waals surface area contributed by atoms with Crippen molar-refractivity contribution >= 4 is 45.3 Å². The highest BCUT2D eigenvalue weighted by molar-refractivity contribution is 8.14. The second-order valence-electron chi connectivity index (χ2n) is 7.44. The molecule has 0 saturated carbocycles. The van der Waals surface area contributed by atoms with E-state index in [1.807, 2.05) is 11.8 Å². The molecular weight excluding hydrogens is 444 g/mol. The molecule has 0 spiro atoms. The fraction of sp³-hybridized carbons (Fsp3) is 0.292. The Kier molecular flexibility index (Phi) is 8.69. The Morgan fingerprint density at radius 3 is 2.38 bits per heavy atom. The van der Waals surface area contributed by atoms with Gasteiger partial charge >= 0.3 is 11.9 Å². The highest BCUT2D eigenvalue weighted by Crippen LogP contribution is 2.43. The van der Waals surface area contributed by atoms with Crippen molar-refractivity contribution in [1.29, 1.82) is 0 Å². The van der Waals surface area contributed by atoms with Crippen molar-refractivity contribution in [2.24, 2.45) is 0 Å². The Morgan fingerprint density at radius 2 is 1.75 bits per heavy atom. The van der Waals surface area contributed by atoms with Gasteiger partial charge in [0, 0.05) is 53.0 Å². The lowest BCUT2D eigenvalue weighted by molar-refractivity contribution is -0.134. The smallest absolute Gasteiger partial charge is 0.328 e. The molecule has 1 atom stereocenters. The summed E-state index contributed by atoms with van der Waals surface area (Å²) in [7, 11) is 2.29. The maximum atomic E-state index is 9.55. The molecule has 1 unspecified atom stereocenters. The van der Waals surface area contributed by atoms with Crippen molar-refractivity contribution in [3.8, 4) is 0 Å². The van der Waals surface area contributed by atoms with Crippen LogP contribution in [0.15, 0.2) is 70.0 Å². The van der Waals surface area contributed by atoms with Gasteiger partial charge in [0.05, 0.1) is 0 Å². The molecule has 170 valence electrons. The van der Waals surface area contributed by atoms with Crippen molar-refractivity contribution < 1.29 is 19.8 Å². The van der Waals surface area contributed by atoms with Crippen molar-refractivity contribution in [2.75, 3.05) is 39.5 Å². The van der Waals surface area contributed by atoms with Crippen LogP contribution >= 0.6 is 22.4 Å². The quantitative estimate of drug-likeness (QED) is 0.389. The summed E-state index contributed by atoms with van der Waals surface area (Å²) in [5, 5.41) is 15.6. The number of hydrogen-bond donors (Lipinski definition) is 2. The van der Waals surface area contributed by atoms with E-state index in [0.29, 0.717) is 12.2 Å². The number of carbonyl (C=O) groups is 2. The maximum absolute atomic E-state index is 9.55. The van der Waals surface area contributed by atoms with Crippen molar-refractivity contribution in [3.63, 3.8) is 0 Å². The third kappa shape index (κ3) is 6.32. The van der Waals surface area contributed by atoms with Crippen LogP contribution in [0, 0.1) is 0 Å². The molecule has 1 saturated heterocycles. The second kappa shape index (κ2) is 11.5. The number of likely N-dealkylation sites (N-methyl/N-ethyl adjacent to an activating group) is 1. The number of aliphatic carboxylic acids is 2. The zero-order chi connectivity index (χ0) is 23.1. The van der Waals surface area contributed by atoms with E-state index in [9.17, 15) is 9.59 Å². The van der Waals surface area contributed by atoms with Gasteiger partial charge in [0.1, 0.15) is 0 Å². The molecule has 1 aromatic carbocycles. The molecule has 0 aromatic heterocycles. The van der Waals surface area contributed by atoms with Crippen molar-refractivity contribution in [1.82, 2.24) is 9.21 Å². The minimum atomic E-state index is -1.26. The summed E-state index contributed by atoms with van der Waals surface area (Å²) in [6.07, 6.45) is 15.8. The lowest BCUT2D eigenvalue weighted by Gasteiger charge is -2.36. The SMILES string of the molecule is CSc1ccc2c(c1)S(N1CCN(C)CC1)=C1CC=CC=C1C=C2.O=C(O)/C=C\C(=O)O. The van der Waals surface area contributed by atoms with Crippen LogP contribution in [0.4, 0.5) is 0 Å². The van der Waals surface area contributed by atoms with Gasteiger partial charge in [0.15, 0.2) is 0 Å². The van der Waals surface area contributed by atoms with Gasteiger partial charge in [-0.2, -0.15) is 0 Å². The predicted octanol–water partition coefficient (Wildman–Crippen LogP) is 4.00. The Morgan fingerprint density at radius 1 is 1.06 bits per heavy atom. The number of carboxylic acid groups (broad SMARTS) is 2. The number of hydrogen-bond acceptors (Lipinski definition) is 5. The summed E-state index contributed by atoms with van der Waals surface area (Å²) in [5.41, 5.74) is 2.81. The molecule has 0 radical (unpaired) electrons. The minimum Gasteiger partial charge on any atom is -0.478 e. The van der Waals surface area contributed by atoms with Gasteiger partial charge in [-0.1, -0.05) is 47.1 Å². The van der Waals surface area contributed by atoms with Crippen LogP contribution in [0.3, 0.4) is 0 Å². The van der Waals surface area contributed by atoms with Gasteiger partial charge in [0.25, 0.3) is 0 Å². The van der Waals surface area contributed by atoms with Gasteiger partial charge < -0.3 is 15.1 Å². The molecular formula is C24H28N2O4S2. The van der Waals surface area contributed by atoms with E-state index < -0.39 is 11.9 Å².